The molecule has 1 aromatic carbocycles. The van der Waals surface area contributed by atoms with E-state index in [0.29, 0.717) is 11.1 Å². The van der Waals surface area contributed by atoms with Crippen molar-refractivity contribution in [3.8, 4) is 0 Å². The van der Waals surface area contributed by atoms with Crippen LogP contribution in [0, 0.1) is 0 Å². The van der Waals surface area contributed by atoms with E-state index in [2.05, 4.69) is 4.74 Å². The standard InChI is InChI=1S/C11H15O5P/c1-14-10(12)8-4-6-9(7-5-8)11(15-2,16-3)17-13/h4-7H,17H2,1-3H3. The number of hydrogen-bond acceptors (Lipinski definition) is 5. The third-order valence-electron chi connectivity index (χ3n) is 2.47. The molecule has 0 aliphatic carbocycles. The van der Waals surface area contributed by atoms with Crippen LogP contribution in [0.2, 0.25) is 0 Å². The van der Waals surface area contributed by atoms with E-state index in [4.69, 9.17) is 9.47 Å². The number of rotatable bonds is 5. The molecule has 0 radical (unpaired) electrons. The van der Waals surface area contributed by atoms with E-state index in [1.807, 2.05) is 0 Å². The summed E-state index contributed by atoms with van der Waals surface area (Å²) in [6.45, 7) is 0. The zero-order chi connectivity index (χ0) is 12.9. The molecule has 0 fully saturated rings. The molecule has 1 rings (SSSR count). The van der Waals surface area contributed by atoms with Gasteiger partial charge in [0, 0.05) is 19.8 Å². The Kier molecular flexibility index (Phi) is 4.87. The Bertz CT molecular complexity index is 397. The Hall–Kier alpha value is -1.16. The summed E-state index contributed by atoms with van der Waals surface area (Å²) in [5, 5.41) is 0. The highest BCUT2D eigenvalue weighted by atomic mass is 31.1. The minimum absolute atomic E-state index is 0.415. The molecule has 17 heavy (non-hydrogen) atoms. The quantitative estimate of drug-likeness (QED) is 0.456. The van der Waals surface area contributed by atoms with Crippen LogP contribution in [0.3, 0.4) is 0 Å². The maximum atomic E-state index is 11.2. The predicted octanol–water partition coefficient (Wildman–Crippen LogP) is 1.63. The Balaban J connectivity index is 3.08. The van der Waals surface area contributed by atoms with Crippen molar-refractivity contribution in [2.75, 3.05) is 21.3 Å². The summed E-state index contributed by atoms with van der Waals surface area (Å²) in [5.41, 5.74) is -0.215. The topological polar surface area (TPSA) is 61.8 Å². The molecule has 0 saturated carbocycles. The SMILES string of the molecule is COC(=O)c1ccc(C(OC)(OC)[PH2]=O)cc1. The minimum Gasteiger partial charge on any atom is -0.465 e. The predicted molar refractivity (Wildman–Crippen MR) is 63.9 cm³/mol. The fourth-order valence-electron chi connectivity index (χ4n) is 1.44. The highest BCUT2D eigenvalue weighted by Crippen LogP contribution is 2.36. The molecule has 0 bridgehead atoms. The normalized spacial score (nSPS) is 11.9. The van der Waals surface area contributed by atoms with Gasteiger partial charge in [0.05, 0.1) is 12.7 Å². The van der Waals surface area contributed by atoms with Crippen LogP contribution < -0.4 is 0 Å². The van der Waals surface area contributed by atoms with Crippen LogP contribution >= 0.6 is 8.46 Å². The second-order valence-electron chi connectivity index (χ2n) is 3.26. The van der Waals surface area contributed by atoms with E-state index in [-0.39, 0.29) is 0 Å². The Morgan fingerprint density at radius 3 is 2.00 bits per heavy atom. The fraction of sp³-hybridized carbons (Fsp3) is 0.364. The lowest BCUT2D eigenvalue weighted by molar-refractivity contribution is -0.144. The number of benzene rings is 1. The molecule has 6 heteroatoms. The van der Waals surface area contributed by atoms with Crippen molar-refractivity contribution in [3.05, 3.63) is 35.4 Å². The van der Waals surface area contributed by atoms with Crippen molar-refractivity contribution in [1.29, 1.82) is 0 Å². The van der Waals surface area contributed by atoms with Crippen molar-refractivity contribution < 1.29 is 23.6 Å². The fourth-order valence-corrected chi connectivity index (χ4v) is 1.96. The van der Waals surface area contributed by atoms with E-state index in [1.165, 1.54) is 21.3 Å². The zero-order valence-electron chi connectivity index (χ0n) is 9.93. The number of ether oxygens (including phenoxy) is 3. The smallest absolute Gasteiger partial charge is 0.337 e. The van der Waals surface area contributed by atoms with Crippen molar-refractivity contribution in [2.45, 2.75) is 5.53 Å². The summed E-state index contributed by atoms with van der Waals surface area (Å²) in [4.78, 5) is 11.2. The molecule has 1 atom stereocenters. The molecule has 0 N–H and O–H groups in total. The lowest BCUT2D eigenvalue weighted by atomic mass is 10.1. The summed E-state index contributed by atoms with van der Waals surface area (Å²) < 4.78 is 26.1. The van der Waals surface area contributed by atoms with Gasteiger partial charge in [-0.2, -0.15) is 0 Å². The van der Waals surface area contributed by atoms with Gasteiger partial charge in [-0.05, 0) is 12.1 Å². The molecule has 0 spiro atoms. The second kappa shape index (κ2) is 5.96. The summed E-state index contributed by atoms with van der Waals surface area (Å²) in [6.07, 6.45) is 0. The summed E-state index contributed by atoms with van der Waals surface area (Å²) in [7, 11) is 2.83. The van der Waals surface area contributed by atoms with Gasteiger partial charge in [0.1, 0.15) is 8.46 Å². The van der Waals surface area contributed by atoms with Crippen molar-refractivity contribution in [3.63, 3.8) is 0 Å². The van der Waals surface area contributed by atoms with E-state index >= 15 is 0 Å². The molecule has 0 aromatic heterocycles. The molecule has 94 valence electrons. The second-order valence-corrected chi connectivity index (χ2v) is 4.26. The molecule has 5 nitrogen and oxygen atoms in total. The first kappa shape index (κ1) is 13.9. The van der Waals surface area contributed by atoms with Crippen LogP contribution in [0.25, 0.3) is 0 Å². The van der Waals surface area contributed by atoms with Crippen LogP contribution in [0.4, 0.5) is 0 Å². The Labute approximate surface area is 101 Å². The number of hydrogen-bond donors (Lipinski definition) is 0. The molecular formula is C11H15O5P. The first-order valence-corrected chi connectivity index (χ1v) is 5.94. The molecule has 0 saturated heterocycles. The van der Waals surface area contributed by atoms with Crippen molar-refractivity contribution in [1.82, 2.24) is 0 Å². The molecule has 1 aromatic rings. The van der Waals surface area contributed by atoms with Gasteiger partial charge < -0.3 is 18.8 Å². The highest BCUT2D eigenvalue weighted by molar-refractivity contribution is 7.24. The van der Waals surface area contributed by atoms with Gasteiger partial charge in [-0.25, -0.2) is 4.79 Å². The molecule has 0 heterocycles. The molecule has 0 aliphatic rings. The largest absolute Gasteiger partial charge is 0.465 e. The van der Waals surface area contributed by atoms with E-state index in [9.17, 15) is 9.36 Å². The van der Waals surface area contributed by atoms with Gasteiger partial charge in [-0.15, -0.1) is 0 Å². The molecule has 0 aliphatic heterocycles. The third kappa shape index (κ3) is 2.75. The number of esters is 1. The number of carbonyl (C=O) groups excluding carboxylic acids is 1. The van der Waals surface area contributed by atoms with Gasteiger partial charge in [-0.1, -0.05) is 12.1 Å². The monoisotopic (exact) mass is 258 g/mol. The lowest BCUT2D eigenvalue weighted by Gasteiger charge is -2.25. The Morgan fingerprint density at radius 2 is 1.65 bits per heavy atom. The average molecular weight is 258 g/mol. The van der Waals surface area contributed by atoms with E-state index < -0.39 is 20.0 Å². The third-order valence-corrected chi connectivity index (χ3v) is 3.59. The molecular weight excluding hydrogens is 243 g/mol. The summed E-state index contributed by atoms with van der Waals surface area (Å²) >= 11 is 0. The first-order valence-electron chi connectivity index (χ1n) is 4.89. The van der Waals surface area contributed by atoms with E-state index in [1.54, 1.807) is 24.3 Å². The highest BCUT2D eigenvalue weighted by Gasteiger charge is 2.30. The van der Waals surface area contributed by atoms with Crippen LogP contribution in [-0.4, -0.2) is 27.3 Å². The maximum absolute atomic E-state index is 11.2. The molecule has 0 amide bonds. The minimum atomic E-state index is -1.32. The van der Waals surface area contributed by atoms with Gasteiger partial charge in [-0.3, -0.25) is 0 Å². The van der Waals surface area contributed by atoms with Gasteiger partial charge in [0.2, 0.25) is 5.53 Å². The van der Waals surface area contributed by atoms with Crippen LogP contribution in [0.1, 0.15) is 15.9 Å². The zero-order valence-corrected chi connectivity index (χ0v) is 11.1. The van der Waals surface area contributed by atoms with Crippen LogP contribution in [0.15, 0.2) is 24.3 Å². The van der Waals surface area contributed by atoms with Crippen molar-refractivity contribution >= 4 is 14.4 Å². The van der Waals surface area contributed by atoms with Crippen LogP contribution in [0.5, 0.6) is 0 Å². The summed E-state index contributed by atoms with van der Waals surface area (Å²) in [5.74, 6) is -0.425. The van der Waals surface area contributed by atoms with Gasteiger partial charge >= 0.3 is 5.97 Å². The Morgan fingerprint density at radius 1 is 1.12 bits per heavy atom. The van der Waals surface area contributed by atoms with E-state index in [0.717, 1.165) is 0 Å². The summed E-state index contributed by atoms with van der Waals surface area (Å²) in [6, 6.07) is 6.40. The van der Waals surface area contributed by atoms with Crippen molar-refractivity contribution in [2.24, 2.45) is 0 Å². The van der Waals surface area contributed by atoms with Gasteiger partial charge in [0.25, 0.3) is 0 Å². The first-order chi connectivity index (χ1) is 8.13. The maximum Gasteiger partial charge on any atom is 0.337 e. The number of methoxy groups -OCH3 is 3. The van der Waals surface area contributed by atoms with Gasteiger partial charge in [0.15, 0.2) is 0 Å². The lowest BCUT2D eigenvalue weighted by Crippen LogP contribution is -2.23. The molecule has 1 unspecified atom stereocenters. The van der Waals surface area contributed by atoms with Crippen LogP contribution in [-0.2, 0) is 24.3 Å². The number of carbonyl (C=O) groups is 1. The average Bonchev–Trinajstić information content (AvgIpc) is 2.41.